The maximum absolute atomic E-state index is 12.5. The van der Waals surface area contributed by atoms with Gasteiger partial charge >= 0.3 is 0 Å². The highest BCUT2D eigenvalue weighted by Gasteiger charge is 2.25. The third kappa shape index (κ3) is 3.11. The van der Waals surface area contributed by atoms with E-state index < -0.39 is 0 Å². The van der Waals surface area contributed by atoms with E-state index in [9.17, 15) is 9.59 Å². The number of nitrogens with zero attached hydrogens (tertiary/aromatic N) is 1. The Morgan fingerprint density at radius 3 is 3.00 bits per heavy atom. The summed E-state index contributed by atoms with van der Waals surface area (Å²) in [6, 6.07) is 5.32. The zero-order chi connectivity index (χ0) is 14.1. The molecular weight excluding hydrogens is 294 g/mol. The molecule has 2 aliphatic rings. The minimum absolute atomic E-state index is 0. The largest absolute Gasteiger partial charge is 0.482 e. The summed E-state index contributed by atoms with van der Waals surface area (Å²) >= 11 is 0. The van der Waals surface area contributed by atoms with Crippen LogP contribution in [0.15, 0.2) is 18.2 Å². The van der Waals surface area contributed by atoms with Crippen LogP contribution in [0.25, 0.3) is 0 Å². The molecule has 6 nitrogen and oxygen atoms in total. The van der Waals surface area contributed by atoms with Crippen LogP contribution in [-0.4, -0.2) is 49.0 Å². The van der Waals surface area contributed by atoms with E-state index in [2.05, 4.69) is 10.6 Å². The molecule has 1 fully saturated rings. The fraction of sp³-hybridized carbons (Fsp3) is 0.429. The third-order valence-electron chi connectivity index (χ3n) is 3.62. The number of carbonyl (C=O) groups is 2. The number of fused-ring (bicyclic) bond motifs is 1. The Bertz CT molecular complexity index is 564. The lowest BCUT2D eigenvalue weighted by Gasteiger charge is -2.34. The number of amides is 2. The molecule has 1 aromatic rings. The molecular formula is C14H18ClN3O3. The highest BCUT2D eigenvalue weighted by molar-refractivity contribution is 5.99. The number of hydrogen-bond acceptors (Lipinski definition) is 4. The monoisotopic (exact) mass is 311 g/mol. The van der Waals surface area contributed by atoms with Crippen molar-refractivity contribution >= 4 is 29.9 Å². The van der Waals surface area contributed by atoms with Crippen LogP contribution >= 0.6 is 12.4 Å². The Hall–Kier alpha value is -1.79. The Labute approximate surface area is 129 Å². The molecule has 3 rings (SSSR count). The number of anilines is 1. The Balaban J connectivity index is 0.00000161. The van der Waals surface area contributed by atoms with Gasteiger partial charge in [0.15, 0.2) is 6.61 Å². The highest BCUT2D eigenvalue weighted by Crippen LogP contribution is 2.29. The second-order valence-electron chi connectivity index (χ2n) is 5.10. The molecule has 21 heavy (non-hydrogen) atoms. The van der Waals surface area contributed by atoms with Crippen molar-refractivity contribution in [1.82, 2.24) is 10.2 Å². The average molecular weight is 312 g/mol. The number of ether oxygens (including phenoxy) is 1. The molecule has 2 heterocycles. The smallest absolute Gasteiger partial charge is 0.262 e. The summed E-state index contributed by atoms with van der Waals surface area (Å²) in [5, 5.41) is 5.98. The van der Waals surface area contributed by atoms with E-state index >= 15 is 0 Å². The summed E-state index contributed by atoms with van der Waals surface area (Å²) in [7, 11) is 0. The van der Waals surface area contributed by atoms with E-state index in [1.807, 2.05) is 11.8 Å². The molecule has 2 aliphatic heterocycles. The van der Waals surface area contributed by atoms with Gasteiger partial charge in [0.1, 0.15) is 5.75 Å². The minimum atomic E-state index is -0.174. The predicted molar refractivity (Wildman–Crippen MR) is 81.2 cm³/mol. The van der Waals surface area contributed by atoms with E-state index in [4.69, 9.17) is 4.74 Å². The molecule has 0 saturated carbocycles. The number of carbonyl (C=O) groups excluding carboxylic acids is 2. The van der Waals surface area contributed by atoms with Crippen LogP contribution < -0.4 is 15.4 Å². The first kappa shape index (κ1) is 15.6. The normalized spacial score (nSPS) is 20.7. The highest BCUT2D eigenvalue weighted by atomic mass is 35.5. The topological polar surface area (TPSA) is 70.7 Å². The molecule has 7 heteroatoms. The van der Waals surface area contributed by atoms with Gasteiger partial charge in [0.2, 0.25) is 0 Å². The van der Waals surface area contributed by atoms with Crippen LogP contribution in [-0.2, 0) is 4.79 Å². The summed E-state index contributed by atoms with van der Waals surface area (Å²) in [5.41, 5.74) is 1.21. The van der Waals surface area contributed by atoms with Crippen molar-refractivity contribution in [2.45, 2.75) is 13.0 Å². The van der Waals surface area contributed by atoms with Crippen molar-refractivity contribution < 1.29 is 14.3 Å². The number of nitrogens with one attached hydrogen (secondary N) is 2. The van der Waals surface area contributed by atoms with E-state index in [0.29, 0.717) is 23.5 Å². The molecule has 0 unspecified atom stereocenters. The van der Waals surface area contributed by atoms with Crippen LogP contribution in [0.2, 0.25) is 0 Å². The van der Waals surface area contributed by atoms with E-state index in [1.54, 1.807) is 18.2 Å². The zero-order valence-corrected chi connectivity index (χ0v) is 12.5. The van der Waals surface area contributed by atoms with Crippen molar-refractivity contribution in [2.75, 3.05) is 31.6 Å². The van der Waals surface area contributed by atoms with Gasteiger partial charge in [0, 0.05) is 31.2 Å². The molecule has 114 valence electrons. The summed E-state index contributed by atoms with van der Waals surface area (Å²) in [6.07, 6.45) is 0. The second-order valence-corrected chi connectivity index (χ2v) is 5.10. The predicted octanol–water partition coefficient (Wildman–Crippen LogP) is 0.873. The fourth-order valence-electron chi connectivity index (χ4n) is 2.52. The van der Waals surface area contributed by atoms with Gasteiger partial charge in [0.25, 0.3) is 11.8 Å². The first-order valence-electron chi connectivity index (χ1n) is 6.73. The van der Waals surface area contributed by atoms with Gasteiger partial charge in [-0.2, -0.15) is 0 Å². The molecule has 1 aromatic carbocycles. The van der Waals surface area contributed by atoms with Crippen LogP contribution in [0.1, 0.15) is 17.3 Å². The molecule has 0 aliphatic carbocycles. The zero-order valence-electron chi connectivity index (χ0n) is 11.7. The van der Waals surface area contributed by atoms with Crippen molar-refractivity contribution in [3.05, 3.63) is 23.8 Å². The molecule has 0 spiro atoms. The van der Waals surface area contributed by atoms with Gasteiger partial charge < -0.3 is 20.3 Å². The van der Waals surface area contributed by atoms with E-state index in [-0.39, 0.29) is 36.9 Å². The molecule has 0 radical (unpaired) electrons. The number of rotatable bonds is 1. The molecule has 0 aromatic heterocycles. The van der Waals surface area contributed by atoms with Crippen molar-refractivity contribution in [3.8, 4) is 5.75 Å². The minimum Gasteiger partial charge on any atom is -0.482 e. The number of halogens is 1. The van der Waals surface area contributed by atoms with E-state index in [0.717, 1.165) is 13.1 Å². The first-order valence-corrected chi connectivity index (χ1v) is 6.73. The third-order valence-corrected chi connectivity index (χ3v) is 3.62. The maximum Gasteiger partial charge on any atom is 0.262 e. The van der Waals surface area contributed by atoms with Crippen LogP contribution in [0.5, 0.6) is 5.75 Å². The first-order chi connectivity index (χ1) is 9.65. The van der Waals surface area contributed by atoms with E-state index in [1.165, 1.54) is 0 Å². The maximum atomic E-state index is 12.5. The summed E-state index contributed by atoms with van der Waals surface area (Å²) < 4.78 is 5.35. The lowest BCUT2D eigenvalue weighted by atomic mass is 10.1. The second kappa shape index (κ2) is 6.32. The summed E-state index contributed by atoms with van der Waals surface area (Å²) in [4.78, 5) is 25.6. The molecule has 2 N–H and O–H groups in total. The fourth-order valence-corrected chi connectivity index (χ4v) is 2.52. The van der Waals surface area contributed by atoms with Crippen molar-refractivity contribution in [1.29, 1.82) is 0 Å². The molecule has 1 saturated heterocycles. The molecule has 0 bridgehead atoms. The lowest BCUT2D eigenvalue weighted by Crippen LogP contribution is -2.52. The quantitative estimate of drug-likeness (QED) is 0.807. The summed E-state index contributed by atoms with van der Waals surface area (Å²) in [5.74, 6) is 0.382. The average Bonchev–Trinajstić information content (AvgIpc) is 2.46. The van der Waals surface area contributed by atoms with Crippen molar-refractivity contribution in [3.63, 3.8) is 0 Å². The standard InChI is InChI=1S/C14H17N3O3.ClH/c1-9-7-15-4-5-17(9)14(19)10-2-3-11-12(6-10)20-8-13(18)16-11;/h2-3,6,9,15H,4-5,7-8H2,1H3,(H,16,18);1H/t9-;/m0./s1. The van der Waals surface area contributed by atoms with Gasteiger partial charge in [-0.3, -0.25) is 9.59 Å². The number of piperazine rings is 1. The van der Waals surface area contributed by atoms with Gasteiger partial charge in [-0.15, -0.1) is 12.4 Å². The van der Waals surface area contributed by atoms with Crippen LogP contribution in [0, 0.1) is 0 Å². The number of hydrogen-bond donors (Lipinski definition) is 2. The van der Waals surface area contributed by atoms with Crippen molar-refractivity contribution in [2.24, 2.45) is 0 Å². The van der Waals surface area contributed by atoms with Crippen LogP contribution in [0.4, 0.5) is 5.69 Å². The Kier molecular flexibility index (Phi) is 4.69. The Morgan fingerprint density at radius 1 is 1.43 bits per heavy atom. The van der Waals surface area contributed by atoms with Crippen LogP contribution in [0.3, 0.4) is 0 Å². The Morgan fingerprint density at radius 2 is 2.24 bits per heavy atom. The van der Waals surface area contributed by atoms with Gasteiger partial charge in [0.05, 0.1) is 5.69 Å². The van der Waals surface area contributed by atoms with Gasteiger partial charge in [-0.1, -0.05) is 0 Å². The SMILES string of the molecule is C[C@H]1CNCCN1C(=O)c1ccc2c(c1)OCC(=O)N2.Cl. The van der Waals surface area contributed by atoms with Gasteiger partial charge in [-0.25, -0.2) is 0 Å². The molecule has 1 atom stereocenters. The lowest BCUT2D eigenvalue weighted by molar-refractivity contribution is -0.118. The number of benzene rings is 1. The van der Waals surface area contributed by atoms with Gasteiger partial charge in [-0.05, 0) is 25.1 Å². The summed E-state index contributed by atoms with van der Waals surface area (Å²) in [6.45, 7) is 4.35. The molecule has 2 amide bonds.